The van der Waals surface area contributed by atoms with Crippen molar-refractivity contribution in [2.24, 2.45) is 0 Å². The molecular weight excluding hydrogens is 749 g/mol. The van der Waals surface area contributed by atoms with Crippen LogP contribution in [0.3, 0.4) is 0 Å². The van der Waals surface area contributed by atoms with E-state index in [1.807, 2.05) is 0 Å². The van der Waals surface area contributed by atoms with Gasteiger partial charge in [0.05, 0.1) is 11.0 Å². The smallest absolute Gasteiger partial charge is 0.0619 e. The lowest BCUT2D eigenvalue weighted by Crippen LogP contribution is -2.10. The Morgan fingerprint density at radius 2 is 0.839 bits per heavy atom. The molecule has 62 heavy (non-hydrogen) atoms. The topological polar surface area (TPSA) is 8.17 Å². The van der Waals surface area contributed by atoms with E-state index in [0.717, 1.165) is 22.7 Å². The third-order valence-corrected chi connectivity index (χ3v) is 12.5. The van der Waals surface area contributed by atoms with E-state index in [1.54, 1.807) is 0 Å². The highest BCUT2D eigenvalue weighted by atomic mass is 15.1. The molecule has 12 aromatic rings. The summed E-state index contributed by atoms with van der Waals surface area (Å²) in [5, 5.41) is 9.95. The minimum absolute atomic E-state index is 1.09. The predicted molar refractivity (Wildman–Crippen MR) is 264 cm³/mol. The predicted octanol–water partition coefficient (Wildman–Crippen LogP) is 16.7. The summed E-state index contributed by atoms with van der Waals surface area (Å²) in [6, 6.07) is 88.5. The van der Waals surface area contributed by atoms with Crippen LogP contribution in [-0.4, -0.2) is 4.57 Å². The number of para-hydroxylation sites is 1. The van der Waals surface area contributed by atoms with Gasteiger partial charge in [-0.3, -0.25) is 0 Å². The quantitative estimate of drug-likeness (QED) is 0.146. The van der Waals surface area contributed by atoms with Crippen LogP contribution in [0.2, 0.25) is 0 Å². The van der Waals surface area contributed by atoms with E-state index in [4.69, 9.17) is 0 Å². The van der Waals surface area contributed by atoms with Crippen molar-refractivity contribution in [3.63, 3.8) is 0 Å². The molecule has 2 heteroatoms. The minimum Gasteiger partial charge on any atom is -0.310 e. The van der Waals surface area contributed by atoms with Crippen LogP contribution < -0.4 is 4.90 Å². The minimum atomic E-state index is 1.09. The van der Waals surface area contributed by atoms with Gasteiger partial charge in [-0.15, -0.1) is 0 Å². The molecule has 0 spiro atoms. The summed E-state index contributed by atoms with van der Waals surface area (Å²) in [4.78, 5) is 2.41. The summed E-state index contributed by atoms with van der Waals surface area (Å²) in [6.07, 6.45) is 0. The Hall–Kier alpha value is -8.20. The highest BCUT2D eigenvalue weighted by Gasteiger charge is 2.20. The summed E-state index contributed by atoms with van der Waals surface area (Å²) in [6.45, 7) is 0. The SMILES string of the molecule is c1ccc(-c2cccc(-c3ccc(N(c4cccc(-c5cccc6c5c5ccc7ccccc7c5n6-c5ccccc5)c4)c4ccc5c(ccc6ccccc65)c4)cc3)c2)cc1. The molecule has 0 unspecified atom stereocenters. The largest absolute Gasteiger partial charge is 0.310 e. The average Bonchev–Trinajstić information content (AvgIpc) is 3.70. The molecule has 0 bridgehead atoms. The molecule has 1 heterocycles. The molecule has 0 saturated heterocycles. The summed E-state index contributed by atoms with van der Waals surface area (Å²) in [5.74, 6) is 0. The average molecular weight is 789 g/mol. The maximum absolute atomic E-state index is 2.45. The fraction of sp³-hybridized carbons (Fsp3) is 0. The molecule has 12 rings (SSSR count). The standard InChI is InChI=1S/C60H40N2/c1-3-14-41(15-4-1)45-18-11-19-46(38-45)42-30-33-50(34-31-42)61(52-35-37-54-48(40-52)29-28-43-16-7-9-24-53(43)54)51-23-12-20-47(39-51)55-26-13-27-58-59(55)57-36-32-44-17-8-10-25-56(44)60(57)62(58)49-21-5-2-6-22-49/h1-40H. The molecule has 290 valence electrons. The first-order valence-electron chi connectivity index (χ1n) is 21.3. The van der Waals surface area contributed by atoms with Gasteiger partial charge in [0.15, 0.2) is 0 Å². The number of anilines is 3. The first-order chi connectivity index (χ1) is 30.7. The second-order valence-electron chi connectivity index (χ2n) is 16.1. The molecule has 0 amide bonds. The Bertz CT molecular complexity index is 3620. The molecule has 0 fully saturated rings. The van der Waals surface area contributed by atoms with E-state index in [0.29, 0.717) is 0 Å². The molecule has 0 N–H and O–H groups in total. The molecule has 0 radical (unpaired) electrons. The van der Waals surface area contributed by atoms with E-state index in [1.165, 1.54) is 87.5 Å². The normalized spacial score (nSPS) is 11.5. The zero-order valence-electron chi connectivity index (χ0n) is 34.0. The summed E-state index contributed by atoms with van der Waals surface area (Å²) in [5.41, 5.74) is 14.0. The number of aromatic nitrogens is 1. The van der Waals surface area contributed by atoms with Gasteiger partial charge in [0.1, 0.15) is 0 Å². The molecule has 0 aliphatic carbocycles. The monoisotopic (exact) mass is 788 g/mol. The Morgan fingerprint density at radius 1 is 0.290 bits per heavy atom. The molecule has 11 aromatic carbocycles. The van der Waals surface area contributed by atoms with E-state index in [2.05, 4.69) is 252 Å². The first kappa shape index (κ1) is 35.7. The summed E-state index contributed by atoms with van der Waals surface area (Å²) >= 11 is 0. The molecule has 0 aliphatic heterocycles. The van der Waals surface area contributed by atoms with Crippen molar-refractivity contribution in [2.45, 2.75) is 0 Å². The van der Waals surface area contributed by atoms with Gasteiger partial charge in [0.2, 0.25) is 0 Å². The van der Waals surface area contributed by atoms with Gasteiger partial charge < -0.3 is 9.47 Å². The lowest BCUT2D eigenvalue weighted by Gasteiger charge is -2.27. The number of hydrogen-bond donors (Lipinski definition) is 0. The van der Waals surface area contributed by atoms with Gasteiger partial charge in [0.25, 0.3) is 0 Å². The third kappa shape index (κ3) is 6.04. The van der Waals surface area contributed by atoms with Crippen molar-refractivity contribution >= 4 is 71.2 Å². The number of rotatable bonds is 7. The number of hydrogen-bond acceptors (Lipinski definition) is 1. The maximum atomic E-state index is 2.45. The second kappa shape index (κ2) is 14.8. The van der Waals surface area contributed by atoms with Crippen molar-refractivity contribution in [1.82, 2.24) is 4.57 Å². The second-order valence-corrected chi connectivity index (χ2v) is 16.1. The maximum Gasteiger partial charge on any atom is 0.0619 e. The van der Waals surface area contributed by atoms with Crippen molar-refractivity contribution in [3.05, 3.63) is 243 Å². The van der Waals surface area contributed by atoms with Crippen LogP contribution in [-0.2, 0) is 0 Å². The van der Waals surface area contributed by atoms with Crippen LogP contribution in [0.1, 0.15) is 0 Å². The van der Waals surface area contributed by atoms with Gasteiger partial charge in [-0.1, -0.05) is 182 Å². The Balaban J connectivity index is 1.03. The van der Waals surface area contributed by atoms with E-state index in [9.17, 15) is 0 Å². The van der Waals surface area contributed by atoms with Crippen molar-refractivity contribution in [1.29, 1.82) is 0 Å². The lowest BCUT2D eigenvalue weighted by atomic mass is 9.97. The highest BCUT2D eigenvalue weighted by Crippen LogP contribution is 2.44. The number of nitrogens with zero attached hydrogens (tertiary/aromatic N) is 2. The molecule has 0 atom stereocenters. The van der Waals surface area contributed by atoms with Crippen LogP contribution in [0.15, 0.2) is 243 Å². The van der Waals surface area contributed by atoms with Gasteiger partial charge in [0, 0.05) is 38.9 Å². The van der Waals surface area contributed by atoms with Gasteiger partial charge in [-0.05, 0) is 121 Å². The zero-order chi connectivity index (χ0) is 41.0. The fourth-order valence-electron chi connectivity index (χ4n) is 9.62. The molecule has 1 aromatic heterocycles. The molecule has 2 nitrogen and oxygen atoms in total. The van der Waals surface area contributed by atoms with Crippen LogP contribution in [0.5, 0.6) is 0 Å². The summed E-state index contributed by atoms with van der Waals surface area (Å²) in [7, 11) is 0. The molecule has 0 aliphatic rings. The van der Waals surface area contributed by atoms with E-state index in [-0.39, 0.29) is 0 Å². The van der Waals surface area contributed by atoms with Crippen LogP contribution in [0.4, 0.5) is 17.1 Å². The van der Waals surface area contributed by atoms with Crippen LogP contribution in [0, 0.1) is 0 Å². The number of fused-ring (bicyclic) bond motifs is 8. The van der Waals surface area contributed by atoms with Gasteiger partial charge >= 0.3 is 0 Å². The molecular formula is C60H40N2. The Kier molecular flexibility index (Phi) is 8.53. The third-order valence-electron chi connectivity index (χ3n) is 12.5. The lowest BCUT2D eigenvalue weighted by molar-refractivity contribution is 1.19. The Morgan fingerprint density at radius 3 is 1.65 bits per heavy atom. The van der Waals surface area contributed by atoms with Crippen molar-refractivity contribution < 1.29 is 0 Å². The van der Waals surface area contributed by atoms with Crippen molar-refractivity contribution in [2.75, 3.05) is 4.90 Å². The fourth-order valence-corrected chi connectivity index (χ4v) is 9.62. The van der Waals surface area contributed by atoms with Crippen LogP contribution in [0.25, 0.3) is 93.2 Å². The van der Waals surface area contributed by atoms with Gasteiger partial charge in [-0.2, -0.15) is 0 Å². The highest BCUT2D eigenvalue weighted by molar-refractivity contribution is 6.22. The zero-order valence-corrected chi connectivity index (χ0v) is 34.0. The summed E-state index contributed by atoms with van der Waals surface area (Å²) < 4.78 is 2.45. The molecule has 0 saturated carbocycles. The number of benzene rings is 11. The first-order valence-corrected chi connectivity index (χ1v) is 21.3. The van der Waals surface area contributed by atoms with Crippen LogP contribution >= 0.6 is 0 Å². The van der Waals surface area contributed by atoms with Crippen molar-refractivity contribution in [3.8, 4) is 39.1 Å². The van der Waals surface area contributed by atoms with E-state index >= 15 is 0 Å². The van der Waals surface area contributed by atoms with Gasteiger partial charge in [-0.25, -0.2) is 0 Å². The van der Waals surface area contributed by atoms with E-state index < -0.39 is 0 Å². The Labute approximate surface area is 360 Å².